The molecule has 0 bridgehead atoms. The summed E-state index contributed by atoms with van der Waals surface area (Å²) in [6, 6.07) is 0. The average molecular weight is 151 g/mol. The lowest BCUT2D eigenvalue weighted by Crippen LogP contribution is -2.14. The van der Waals surface area contributed by atoms with Gasteiger partial charge in [0.1, 0.15) is 6.10 Å². The van der Waals surface area contributed by atoms with Crippen molar-refractivity contribution in [1.29, 1.82) is 0 Å². The lowest BCUT2D eigenvalue weighted by Gasteiger charge is -2.06. The lowest BCUT2D eigenvalue weighted by atomic mass is 10.4. The van der Waals surface area contributed by atoms with Crippen LogP contribution in [0.15, 0.2) is 11.6 Å². The summed E-state index contributed by atoms with van der Waals surface area (Å²) < 4.78 is 4.86. The third kappa shape index (κ3) is 4.45. The first-order valence-corrected chi connectivity index (χ1v) is 3.16. The maximum atomic E-state index is 8.90. The molecule has 0 aliphatic rings. The number of aliphatic hydroxyl groups excluding tert-OH is 1. The molecule has 1 unspecified atom stereocenters. The summed E-state index contributed by atoms with van der Waals surface area (Å²) >= 11 is 5.34. The first-order valence-electron chi connectivity index (χ1n) is 2.78. The van der Waals surface area contributed by atoms with Gasteiger partial charge in [-0.1, -0.05) is 18.2 Å². The van der Waals surface area contributed by atoms with Gasteiger partial charge in [-0.15, -0.1) is 0 Å². The number of rotatable bonds is 4. The number of ether oxygens (including phenoxy) is 1. The van der Waals surface area contributed by atoms with Crippen LogP contribution in [0.4, 0.5) is 0 Å². The summed E-state index contributed by atoms with van der Waals surface area (Å²) in [7, 11) is 0. The van der Waals surface area contributed by atoms with E-state index in [-0.39, 0.29) is 11.6 Å². The molecule has 0 rings (SSSR count). The van der Waals surface area contributed by atoms with E-state index in [0.29, 0.717) is 6.61 Å². The van der Waals surface area contributed by atoms with E-state index in [1.165, 1.54) is 0 Å². The highest BCUT2D eigenvalue weighted by molar-refractivity contribution is 6.29. The quantitative estimate of drug-likeness (QED) is 0.651. The van der Waals surface area contributed by atoms with Crippen molar-refractivity contribution in [3.05, 3.63) is 11.6 Å². The van der Waals surface area contributed by atoms with Gasteiger partial charge in [0.25, 0.3) is 0 Å². The van der Waals surface area contributed by atoms with Gasteiger partial charge in [0.05, 0.1) is 6.61 Å². The van der Waals surface area contributed by atoms with Crippen molar-refractivity contribution >= 4 is 11.6 Å². The van der Waals surface area contributed by atoms with E-state index in [0.717, 1.165) is 0 Å². The molecule has 0 heterocycles. The minimum atomic E-state index is -0.730. The lowest BCUT2D eigenvalue weighted by molar-refractivity contribution is 0.0649. The molecule has 0 saturated carbocycles. The predicted molar refractivity (Wildman–Crippen MR) is 37.5 cm³/mol. The smallest absolute Gasteiger partial charge is 0.112 e. The van der Waals surface area contributed by atoms with Gasteiger partial charge in [0.15, 0.2) is 0 Å². The molecule has 0 radical (unpaired) electrons. The molecule has 2 nitrogen and oxygen atoms in total. The Morgan fingerprint density at radius 1 is 1.89 bits per heavy atom. The Morgan fingerprint density at radius 3 is 2.78 bits per heavy atom. The zero-order valence-electron chi connectivity index (χ0n) is 5.43. The first-order chi connectivity index (χ1) is 4.18. The summed E-state index contributed by atoms with van der Waals surface area (Å²) in [6.07, 6.45) is -0.730. The average Bonchev–Trinajstić information content (AvgIpc) is 1.82. The van der Waals surface area contributed by atoms with Crippen molar-refractivity contribution in [2.24, 2.45) is 0 Å². The molecule has 0 aliphatic heterocycles. The predicted octanol–water partition coefficient (Wildman–Crippen LogP) is 1.14. The molecule has 0 fully saturated rings. The van der Waals surface area contributed by atoms with Gasteiger partial charge >= 0.3 is 0 Å². The Kier molecular flexibility index (Phi) is 4.77. The van der Waals surface area contributed by atoms with Crippen LogP contribution in [-0.4, -0.2) is 24.4 Å². The largest absolute Gasteiger partial charge is 0.385 e. The first kappa shape index (κ1) is 8.95. The number of hydrogen-bond donors (Lipinski definition) is 1. The molecule has 0 aromatic rings. The second-order valence-corrected chi connectivity index (χ2v) is 2.11. The molecule has 54 valence electrons. The van der Waals surface area contributed by atoms with E-state index in [9.17, 15) is 0 Å². The van der Waals surface area contributed by atoms with Crippen LogP contribution >= 0.6 is 11.6 Å². The van der Waals surface area contributed by atoms with Crippen LogP contribution in [0.5, 0.6) is 0 Å². The van der Waals surface area contributed by atoms with Crippen LogP contribution in [0.25, 0.3) is 0 Å². The fourth-order valence-corrected chi connectivity index (χ4v) is 0.383. The Hall–Kier alpha value is -0.0500. The van der Waals surface area contributed by atoms with Gasteiger partial charge in [-0.05, 0) is 6.92 Å². The molecule has 1 atom stereocenters. The van der Waals surface area contributed by atoms with Crippen LogP contribution in [0.1, 0.15) is 6.92 Å². The van der Waals surface area contributed by atoms with Crippen molar-refractivity contribution in [2.45, 2.75) is 13.0 Å². The summed E-state index contributed by atoms with van der Waals surface area (Å²) in [5.41, 5.74) is 0. The highest BCUT2D eigenvalue weighted by Gasteiger charge is 2.04. The third-order valence-corrected chi connectivity index (χ3v) is 1.09. The van der Waals surface area contributed by atoms with Gasteiger partial charge in [-0.3, -0.25) is 0 Å². The second-order valence-electron chi connectivity index (χ2n) is 1.62. The van der Waals surface area contributed by atoms with Gasteiger partial charge in [0, 0.05) is 11.6 Å². The number of halogens is 1. The molecular weight excluding hydrogens is 140 g/mol. The molecule has 0 aromatic carbocycles. The molecule has 0 aromatic heterocycles. The zero-order valence-corrected chi connectivity index (χ0v) is 6.19. The van der Waals surface area contributed by atoms with E-state index >= 15 is 0 Å². The number of aliphatic hydroxyl groups is 1. The van der Waals surface area contributed by atoms with E-state index < -0.39 is 6.10 Å². The minimum absolute atomic E-state index is 0.225. The normalized spacial score (nSPS) is 13.2. The van der Waals surface area contributed by atoms with Crippen LogP contribution in [-0.2, 0) is 4.74 Å². The summed E-state index contributed by atoms with van der Waals surface area (Å²) in [6.45, 7) is 6.01. The van der Waals surface area contributed by atoms with E-state index in [2.05, 4.69) is 6.58 Å². The summed E-state index contributed by atoms with van der Waals surface area (Å²) in [5, 5.41) is 9.13. The van der Waals surface area contributed by atoms with Crippen molar-refractivity contribution in [2.75, 3.05) is 13.2 Å². The maximum Gasteiger partial charge on any atom is 0.112 e. The van der Waals surface area contributed by atoms with Crippen molar-refractivity contribution < 1.29 is 9.84 Å². The van der Waals surface area contributed by atoms with Crippen LogP contribution in [0.3, 0.4) is 0 Å². The fraction of sp³-hybridized carbons (Fsp3) is 0.667. The fourth-order valence-electron chi connectivity index (χ4n) is 0.320. The highest BCUT2D eigenvalue weighted by atomic mass is 35.5. The van der Waals surface area contributed by atoms with E-state index in [1.54, 1.807) is 0 Å². The molecule has 0 saturated heterocycles. The minimum Gasteiger partial charge on any atom is -0.385 e. The van der Waals surface area contributed by atoms with Gasteiger partial charge in [0.2, 0.25) is 0 Å². The van der Waals surface area contributed by atoms with Crippen LogP contribution in [0.2, 0.25) is 0 Å². The molecule has 0 aliphatic carbocycles. The summed E-state index contributed by atoms with van der Waals surface area (Å²) in [4.78, 5) is 0. The topological polar surface area (TPSA) is 29.5 Å². The zero-order chi connectivity index (χ0) is 7.28. The molecule has 3 heteroatoms. The second kappa shape index (κ2) is 4.79. The standard InChI is InChI=1S/C6H11ClO2/c1-3-9-4-6(8)5(2)7/h6,8H,2-4H2,1H3. The van der Waals surface area contributed by atoms with Crippen molar-refractivity contribution in [3.8, 4) is 0 Å². The Balaban J connectivity index is 3.27. The molecule has 1 N–H and O–H groups in total. The van der Waals surface area contributed by atoms with Gasteiger partial charge in [-0.2, -0.15) is 0 Å². The molecule has 0 spiro atoms. The van der Waals surface area contributed by atoms with Gasteiger partial charge in [-0.25, -0.2) is 0 Å². The Morgan fingerprint density at radius 2 is 2.44 bits per heavy atom. The van der Waals surface area contributed by atoms with Crippen LogP contribution < -0.4 is 0 Å². The van der Waals surface area contributed by atoms with Gasteiger partial charge < -0.3 is 9.84 Å². The SMILES string of the molecule is C=C(Cl)C(O)COCC. The van der Waals surface area contributed by atoms with E-state index in [4.69, 9.17) is 21.4 Å². The van der Waals surface area contributed by atoms with Crippen molar-refractivity contribution in [1.82, 2.24) is 0 Å². The monoisotopic (exact) mass is 150 g/mol. The summed E-state index contributed by atoms with van der Waals surface area (Å²) in [5.74, 6) is 0. The molecule has 9 heavy (non-hydrogen) atoms. The molecular formula is C6H11ClO2. The van der Waals surface area contributed by atoms with Crippen LogP contribution in [0, 0.1) is 0 Å². The molecule has 0 amide bonds. The van der Waals surface area contributed by atoms with Crippen molar-refractivity contribution in [3.63, 3.8) is 0 Å². The Bertz CT molecular complexity index is 93.1. The van der Waals surface area contributed by atoms with E-state index in [1.807, 2.05) is 6.92 Å². The maximum absolute atomic E-state index is 8.90. The number of hydrogen-bond acceptors (Lipinski definition) is 2. The third-order valence-electron chi connectivity index (χ3n) is 0.841. The highest BCUT2D eigenvalue weighted by Crippen LogP contribution is 2.03. The Labute approximate surface area is 60.1 Å².